The first-order chi connectivity index (χ1) is 7.72. The van der Waals surface area contributed by atoms with Gasteiger partial charge in [0.25, 0.3) is 0 Å². The molecule has 104 valence electrons. The van der Waals surface area contributed by atoms with Crippen LogP contribution in [0.25, 0.3) is 0 Å². The highest BCUT2D eigenvalue weighted by Gasteiger charge is 2.37. The molecule has 0 aromatic rings. The maximum absolute atomic E-state index is 10.7. The van der Waals surface area contributed by atoms with Crippen molar-refractivity contribution >= 4 is 7.82 Å². The van der Waals surface area contributed by atoms with Crippen LogP contribution in [0.4, 0.5) is 0 Å². The molecule has 7 N–H and O–H groups in total. The molecule has 0 amide bonds. The molecular formula is C7H18NO8P. The lowest BCUT2D eigenvalue weighted by Gasteiger charge is -2.29. The summed E-state index contributed by atoms with van der Waals surface area (Å²) < 4.78 is 14.8. The minimum absolute atomic E-state index is 0.125. The predicted octanol–water partition coefficient (Wildman–Crippen LogP) is -3.24. The van der Waals surface area contributed by atoms with Gasteiger partial charge < -0.3 is 35.5 Å². The molecule has 0 bridgehead atoms. The topological polar surface area (TPSA) is 160 Å². The Morgan fingerprint density at radius 1 is 1.24 bits per heavy atom. The molecule has 0 saturated heterocycles. The molecule has 0 fully saturated rings. The molecule has 0 aliphatic rings. The van der Waals surface area contributed by atoms with Gasteiger partial charge in [-0.2, -0.15) is 0 Å². The Kier molecular flexibility index (Phi) is 7.33. The van der Waals surface area contributed by atoms with Crippen molar-refractivity contribution in [3.63, 3.8) is 0 Å². The van der Waals surface area contributed by atoms with Gasteiger partial charge in [-0.25, -0.2) is 4.57 Å². The summed E-state index contributed by atoms with van der Waals surface area (Å²) >= 11 is 0. The van der Waals surface area contributed by atoms with Crippen LogP contribution < -0.4 is 5.32 Å². The zero-order chi connectivity index (χ0) is 13.6. The fourth-order valence-electron chi connectivity index (χ4n) is 1.17. The van der Waals surface area contributed by atoms with Gasteiger partial charge in [-0.05, 0) is 7.05 Å². The van der Waals surface area contributed by atoms with Crippen LogP contribution in [0, 0.1) is 0 Å². The van der Waals surface area contributed by atoms with Crippen LogP contribution in [-0.4, -0.2) is 74.8 Å². The summed E-state index contributed by atoms with van der Waals surface area (Å²) in [6.45, 7) is -0.964. The number of rotatable bonds is 8. The van der Waals surface area contributed by atoms with E-state index in [1.54, 1.807) is 0 Å². The molecule has 0 heterocycles. The Balaban J connectivity index is 4.77. The fourth-order valence-corrected chi connectivity index (χ4v) is 1.75. The van der Waals surface area contributed by atoms with E-state index in [2.05, 4.69) is 9.84 Å². The van der Waals surface area contributed by atoms with E-state index in [-0.39, 0.29) is 6.54 Å². The molecule has 0 unspecified atom stereocenters. The summed E-state index contributed by atoms with van der Waals surface area (Å²) in [5.74, 6) is 0. The highest BCUT2D eigenvalue weighted by molar-refractivity contribution is 7.46. The van der Waals surface area contributed by atoms with Gasteiger partial charge in [0.1, 0.15) is 18.3 Å². The van der Waals surface area contributed by atoms with Crippen LogP contribution in [0.2, 0.25) is 0 Å². The largest absolute Gasteiger partial charge is 0.470 e. The van der Waals surface area contributed by atoms with Gasteiger partial charge in [-0.3, -0.25) is 4.52 Å². The number of likely N-dealkylation sites (N-methyl/N-ethyl adjacent to an activating group) is 1. The van der Waals surface area contributed by atoms with Gasteiger partial charge in [-0.15, -0.1) is 0 Å². The summed E-state index contributed by atoms with van der Waals surface area (Å²) in [4.78, 5) is 17.2. The van der Waals surface area contributed by atoms with Gasteiger partial charge >= 0.3 is 7.82 Å². The summed E-state index contributed by atoms with van der Waals surface area (Å²) in [5.41, 5.74) is 0. The third kappa shape index (κ3) is 6.41. The van der Waals surface area contributed by atoms with Crippen molar-refractivity contribution in [2.75, 3.05) is 20.2 Å². The molecule has 10 heteroatoms. The monoisotopic (exact) mass is 275 g/mol. The van der Waals surface area contributed by atoms with E-state index in [1.165, 1.54) is 7.05 Å². The zero-order valence-electron chi connectivity index (χ0n) is 9.17. The molecule has 0 saturated carbocycles. The first kappa shape index (κ1) is 16.9. The zero-order valence-corrected chi connectivity index (χ0v) is 10.1. The molecule has 0 aliphatic carbocycles. The van der Waals surface area contributed by atoms with E-state index >= 15 is 0 Å². The van der Waals surface area contributed by atoms with Crippen molar-refractivity contribution in [1.29, 1.82) is 0 Å². The minimum atomic E-state index is -4.94. The maximum atomic E-state index is 10.7. The number of aliphatic hydroxyl groups is 4. The fraction of sp³-hybridized carbons (Fsp3) is 1.00. The minimum Gasteiger partial charge on any atom is -0.394 e. The van der Waals surface area contributed by atoms with E-state index in [0.717, 1.165) is 0 Å². The number of phosphoric acid groups is 1. The quantitative estimate of drug-likeness (QED) is 0.226. The van der Waals surface area contributed by atoms with Crippen LogP contribution in [-0.2, 0) is 9.09 Å². The van der Waals surface area contributed by atoms with E-state index in [4.69, 9.17) is 20.0 Å². The van der Waals surface area contributed by atoms with Gasteiger partial charge in [0.15, 0.2) is 0 Å². The normalized spacial score (nSPS) is 19.7. The number of hydrogen-bond acceptors (Lipinski definition) is 7. The molecule has 0 rings (SSSR count). The summed E-state index contributed by atoms with van der Waals surface area (Å²) in [5, 5.41) is 39.2. The van der Waals surface area contributed by atoms with Crippen molar-refractivity contribution in [2.24, 2.45) is 0 Å². The summed E-state index contributed by atoms with van der Waals surface area (Å²) in [6.07, 6.45) is -6.72. The second-order valence-electron chi connectivity index (χ2n) is 3.43. The second kappa shape index (κ2) is 7.37. The lowest BCUT2D eigenvalue weighted by atomic mass is 10.0. The molecule has 0 aromatic carbocycles. The molecular weight excluding hydrogens is 257 g/mol. The first-order valence-electron chi connectivity index (χ1n) is 4.76. The predicted molar refractivity (Wildman–Crippen MR) is 56.0 cm³/mol. The van der Waals surface area contributed by atoms with Crippen LogP contribution >= 0.6 is 7.82 Å². The third-order valence-electron chi connectivity index (χ3n) is 1.97. The van der Waals surface area contributed by atoms with Gasteiger partial charge in [0.05, 0.1) is 12.7 Å². The van der Waals surface area contributed by atoms with Gasteiger partial charge in [-0.1, -0.05) is 0 Å². The summed E-state index contributed by atoms with van der Waals surface area (Å²) in [7, 11) is -3.48. The Morgan fingerprint density at radius 3 is 2.12 bits per heavy atom. The number of hydrogen-bond donors (Lipinski definition) is 7. The van der Waals surface area contributed by atoms with E-state index < -0.39 is 38.8 Å². The van der Waals surface area contributed by atoms with Crippen molar-refractivity contribution < 1.29 is 39.3 Å². The molecule has 0 spiro atoms. The lowest BCUT2D eigenvalue weighted by molar-refractivity contribution is -0.109. The Hall–Kier alpha value is -0.0900. The molecule has 9 nitrogen and oxygen atoms in total. The van der Waals surface area contributed by atoms with Crippen LogP contribution in [0.15, 0.2) is 0 Å². The second-order valence-corrected chi connectivity index (χ2v) is 4.62. The summed E-state index contributed by atoms with van der Waals surface area (Å²) in [6, 6.07) is 0. The van der Waals surface area contributed by atoms with Gasteiger partial charge in [0, 0.05) is 6.54 Å². The average molecular weight is 275 g/mol. The van der Waals surface area contributed by atoms with E-state index in [1.807, 2.05) is 0 Å². The number of aliphatic hydroxyl groups excluding tert-OH is 4. The van der Waals surface area contributed by atoms with Crippen LogP contribution in [0.3, 0.4) is 0 Å². The molecule has 4 atom stereocenters. The molecule has 0 aliphatic heterocycles. The molecule has 0 aromatic heterocycles. The highest BCUT2D eigenvalue weighted by Crippen LogP contribution is 2.39. The average Bonchev–Trinajstić information content (AvgIpc) is 2.22. The van der Waals surface area contributed by atoms with Gasteiger partial charge in [0.2, 0.25) is 0 Å². The van der Waals surface area contributed by atoms with Crippen molar-refractivity contribution in [3.05, 3.63) is 0 Å². The number of nitrogens with one attached hydrogen (secondary N) is 1. The molecule has 0 radical (unpaired) electrons. The first-order valence-corrected chi connectivity index (χ1v) is 6.29. The van der Waals surface area contributed by atoms with Crippen molar-refractivity contribution in [3.8, 4) is 0 Å². The van der Waals surface area contributed by atoms with E-state index in [9.17, 15) is 14.8 Å². The maximum Gasteiger partial charge on any atom is 0.470 e. The SMILES string of the molecule is CNC[C@H](O)[C@@H](OP(=O)(O)O)[C@H](O)[C@H](O)CO. The van der Waals surface area contributed by atoms with E-state index in [0.29, 0.717) is 0 Å². The Bertz CT molecular complexity index is 258. The van der Waals surface area contributed by atoms with Crippen LogP contribution in [0.5, 0.6) is 0 Å². The van der Waals surface area contributed by atoms with Crippen LogP contribution in [0.1, 0.15) is 0 Å². The van der Waals surface area contributed by atoms with Crippen molar-refractivity contribution in [1.82, 2.24) is 5.32 Å². The highest BCUT2D eigenvalue weighted by atomic mass is 31.2. The Labute approximate surface area is 97.9 Å². The molecule has 17 heavy (non-hydrogen) atoms. The number of phosphoric ester groups is 1. The van der Waals surface area contributed by atoms with Crippen molar-refractivity contribution in [2.45, 2.75) is 24.4 Å². The smallest absolute Gasteiger partial charge is 0.394 e. The third-order valence-corrected chi connectivity index (χ3v) is 2.49. The standard InChI is InChI=1S/C7H18NO8P/c1-8-2-4(10)7(16-17(13,14)15)6(12)5(11)3-9/h4-12H,2-3H2,1H3,(H2,13,14,15)/t4-,5+,6+,7+/m0/s1. The lowest BCUT2D eigenvalue weighted by Crippen LogP contribution is -2.49. The Morgan fingerprint density at radius 2 is 1.76 bits per heavy atom.